The number of ether oxygens (including phenoxy) is 1. The lowest BCUT2D eigenvalue weighted by atomic mass is 10.1. The number of hydrogen-bond acceptors (Lipinski definition) is 4. The fourth-order valence-electron chi connectivity index (χ4n) is 1.59. The van der Waals surface area contributed by atoms with Crippen molar-refractivity contribution in [2.24, 2.45) is 11.5 Å². The minimum absolute atomic E-state index is 0.244. The second-order valence-electron chi connectivity index (χ2n) is 5.19. The van der Waals surface area contributed by atoms with E-state index in [-0.39, 0.29) is 5.97 Å². The summed E-state index contributed by atoms with van der Waals surface area (Å²) in [5.41, 5.74) is 11.7. The van der Waals surface area contributed by atoms with Gasteiger partial charge in [0.05, 0.1) is 14.7 Å². The first-order chi connectivity index (χ1) is 7.29. The minimum Gasteiger partial charge on any atom is -0.465 e. The highest BCUT2D eigenvalue weighted by Crippen LogP contribution is 2.25. The zero-order chi connectivity index (χ0) is 12.8. The van der Waals surface area contributed by atoms with Crippen LogP contribution in [0.5, 0.6) is 0 Å². The molecule has 0 saturated carbocycles. The molecule has 0 rings (SSSR count). The average molecular weight is 246 g/mol. The summed E-state index contributed by atoms with van der Waals surface area (Å²) < 4.78 is 5.10. The van der Waals surface area contributed by atoms with Crippen LogP contribution >= 0.6 is 0 Å². The number of hydrogen-bond donors (Lipinski definition) is 2. The molecule has 4 N–H and O–H groups in total. The van der Waals surface area contributed by atoms with E-state index < -0.39 is 13.2 Å². The van der Waals surface area contributed by atoms with Crippen LogP contribution < -0.4 is 11.5 Å². The Hall–Kier alpha value is -0.393. The Morgan fingerprint density at radius 2 is 1.88 bits per heavy atom. The Bertz CT molecular complexity index is 229. The van der Waals surface area contributed by atoms with Gasteiger partial charge in [0.2, 0.25) is 0 Å². The van der Waals surface area contributed by atoms with Crippen LogP contribution in [-0.2, 0) is 9.53 Å². The normalized spacial score (nSPS) is 15.6. The van der Waals surface area contributed by atoms with E-state index in [4.69, 9.17) is 16.2 Å². The summed E-state index contributed by atoms with van der Waals surface area (Å²) in [6.45, 7) is 9.15. The van der Waals surface area contributed by atoms with Gasteiger partial charge in [0, 0.05) is 0 Å². The van der Waals surface area contributed by atoms with Crippen LogP contribution in [-0.4, -0.2) is 32.4 Å². The van der Waals surface area contributed by atoms with Crippen molar-refractivity contribution in [3.8, 4) is 0 Å². The van der Waals surface area contributed by atoms with Crippen molar-refractivity contribution < 1.29 is 9.53 Å². The summed E-state index contributed by atoms with van der Waals surface area (Å²) in [4.78, 5) is 12.0. The number of carbonyl (C=O) groups is 1. The lowest BCUT2D eigenvalue weighted by Crippen LogP contribution is -2.65. The molecule has 1 atom stereocenters. The first-order valence-corrected chi connectivity index (χ1v) is 9.45. The van der Waals surface area contributed by atoms with Crippen LogP contribution in [0.4, 0.5) is 0 Å². The molecule has 5 heteroatoms. The van der Waals surface area contributed by atoms with Crippen molar-refractivity contribution in [2.45, 2.75) is 51.0 Å². The molecule has 0 aromatic heterocycles. The summed E-state index contributed by atoms with van der Waals surface area (Å²) >= 11 is 0. The number of carbonyl (C=O) groups excluding carboxylic acids is 1. The Labute approximate surface area is 99.7 Å². The first kappa shape index (κ1) is 15.6. The highest BCUT2D eigenvalue weighted by atomic mass is 28.3. The van der Waals surface area contributed by atoms with Crippen LogP contribution in [0.2, 0.25) is 19.6 Å². The Morgan fingerprint density at radius 3 is 2.25 bits per heavy atom. The molecular formula is C11H26N2O2Si. The third-order valence-corrected chi connectivity index (χ3v) is 6.13. The fraction of sp³-hybridized carbons (Fsp3) is 0.909. The van der Waals surface area contributed by atoms with Crippen LogP contribution in [0, 0.1) is 0 Å². The molecule has 0 aliphatic heterocycles. The molecule has 0 aliphatic carbocycles. The monoisotopic (exact) mass is 246 g/mol. The molecule has 0 spiro atoms. The first-order valence-electron chi connectivity index (χ1n) is 5.95. The zero-order valence-electron chi connectivity index (χ0n) is 11.0. The highest BCUT2D eigenvalue weighted by Gasteiger charge is 2.46. The summed E-state index contributed by atoms with van der Waals surface area (Å²) in [6.07, 6.45) is 2.47. The second kappa shape index (κ2) is 6.37. The van der Waals surface area contributed by atoms with Crippen LogP contribution in [0.25, 0.3) is 0 Å². The van der Waals surface area contributed by atoms with Crippen LogP contribution in [0.3, 0.4) is 0 Å². The van der Waals surface area contributed by atoms with Gasteiger partial charge in [-0.15, -0.1) is 0 Å². The molecule has 4 nitrogen and oxygen atoms in total. The fourth-order valence-corrected chi connectivity index (χ4v) is 3.20. The smallest absolute Gasteiger partial charge is 0.322 e. The van der Waals surface area contributed by atoms with Gasteiger partial charge in [0.15, 0.2) is 0 Å². The van der Waals surface area contributed by atoms with Crippen molar-refractivity contribution in [3.63, 3.8) is 0 Å². The second-order valence-corrected chi connectivity index (χ2v) is 10.6. The molecular weight excluding hydrogens is 220 g/mol. The van der Waals surface area contributed by atoms with Crippen molar-refractivity contribution in [3.05, 3.63) is 0 Å². The van der Waals surface area contributed by atoms with E-state index in [2.05, 4.69) is 19.6 Å². The predicted molar refractivity (Wildman–Crippen MR) is 69.8 cm³/mol. The Balaban J connectivity index is 4.68. The van der Waals surface area contributed by atoms with Crippen molar-refractivity contribution in [2.75, 3.05) is 13.2 Å². The lowest BCUT2D eigenvalue weighted by Gasteiger charge is -2.37. The number of esters is 1. The topological polar surface area (TPSA) is 78.3 Å². The molecule has 0 heterocycles. The third-order valence-electron chi connectivity index (χ3n) is 3.00. The molecule has 0 fully saturated rings. The van der Waals surface area contributed by atoms with Gasteiger partial charge in [0.25, 0.3) is 0 Å². The Morgan fingerprint density at radius 1 is 1.31 bits per heavy atom. The summed E-state index contributed by atoms with van der Waals surface area (Å²) in [7, 11) is -1.80. The number of unbranched alkanes of at least 4 members (excludes halogenated alkanes) is 1. The van der Waals surface area contributed by atoms with Gasteiger partial charge in [-0.25, -0.2) is 0 Å². The summed E-state index contributed by atoms with van der Waals surface area (Å²) in [5, 5.41) is -0.780. The van der Waals surface area contributed by atoms with E-state index >= 15 is 0 Å². The molecule has 96 valence electrons. The zero-order valence-corrected chi connectivity index (χ0v) is 12.0. The van der Waals surface area contributed by atoms with Crippen molar-refractivity contribution in [1.29, 1.82) is 0 Å². The van der Waals surface area contributed by atoms with Gasteiger partial charge in [0.1, 0.15) is 5.16 Å². The molecule has 16 heavy (non-hydrogen) atoms. The maximum absolute atomic E-state index is 12.0. The molecule has 0 aliphatic rings. The molecule has 0 radical (unpaired) electrons. The van der Waals surface area contributed by atoms with Gasteiger partial charge in [-0.05, 0) is 26.3 Å². The molecule has 0 amide bonds. The quantitative estimate of drug-likeness (QED) is 0.403. The summed E-state index contributed by atoms with van der Waals surface area (Å²) in [6, 6.07) is 0. The van der Waals surface area contributed by atoms with E-state index in [1.54, 1.807) is 0 Å². The maximum Gasteiger partial charge on any atom is 0.322 e. The van der Waals surface area contributed by atoms with E-state index in [9.17, 15) is 4.79 Å². The number of nitrogens with two attached hydrogens (primary N) is 2. The van der Waals surface area contributed by atoms with Gasteiger partial charge >= 0.3 is 5.97 Å². The van der Waals surface area contributed by atoms with Crippen LogP contribution in [0.15, 0.2) is 0 Å². The highest BCUT2D eigenvalue weighted by molar-refractivity contribution is 6.82. The van der Waals surface area contributed by atoms with E-state index in [1.165, 1.54) is 0 Å². The van der Waals surface area contributed by atoms with Gasteiger partial charge in [-0.1, -0.05) is 26.1 Å². The average Bonchev–Trinajstić information content (AvgIpc) is 2.16. The van der Waals surface area contributed by atoms with Gasteiger partial charge in [-0.2, -0.15) is 0 Å². The SMILES string of the molecule is CCOC(=O)[C@@](N)(CCCCN)[Si](C)(C)C. The van der Waals surface area contributed by atoms with E-state index in [0.717, 1.165) is 12.8 Å². The standard InChI is InChI=1S/C11H26N2O2Si/c1-5-15-10(14)11(13,16(2,3)4)8-6-7-9-12/h5-9,12-13H2,1-4H3/t11-/m1/s1. The van der Waals surface area contributed by atoms with Gasteiger partial charge < -0.3 is 16.2 Å². The van der Waals surface area contributed by atoms with E-state index in [1.807, 2.05) is 6.92 Å². The Kier molecular flexibility index (Phi) is 6.21. The minimum atomic E-state index is -1.80. The largest absolute Gasteiger partial charge is 0.465 e. The third kappa shape index (κ3) is 3.88. The molecule has 0 aromatic rings. The van der Waals surface area contributed by atoms with Gasteiger partial charge in [-0.3, -0.25) is 4.79 Å². The van der Waals surface area contributed by atoms with E-state index in [0.29, 0.717) is 19.6 Å². The molecule has 0 aromatic carbocycles. The molecule has 0 unspecified atom stereocenters. The van der Waals surface area contributed by atoms with Crippen LogP contribution in [0.1, 0.15) is 26.2 Å². The molecule has 0 saturated heterocycles. The predicted octanol–water partition coefficient (Wildman–Crippen LogP) is 1.25. The maximum atomic E-state index is 12.0. The summed E-state index contributed by atoms with van der Waals surface area (Å²) in [5.74, 6) is -0.244. The number of rotatable bonds is 7. The lowest BCUT2D eigenvalue weighted by molar-refractivity contribution is -0.146. The molecule has 0 bridgehead atoms. The van der Waals surface area contributed by atoms with Crippen molar-refractivity contribution >= 4 is 14.0 Å². The van der Waals surface area contributed by atoms with Crippen molar-refractivity contribution in [1.82, 2.24) is 0 Å².